The number of hydrogen-bond acceptors (Lipinski definition) is 7. The van der Waals surface area contributed by atoms with Gasteiger partial charge in [-0.1, -0.05) is 12.1 Å². The van der Waals surface area contributed by atoms with E-state index in [1.54, 1.807) is 28.9 Å². The van der Waals surface area contributed by atoms with Crippen LogP contribution in [-0.2, 0) is 13.0 Å². The molecule has 1 aliphatic rings. The summed E-state index contributed by atoms with van der Waals surface area (Å²) in [5.41, 5.74) is 1.60. The summed E-state index contributed by atoms with van der Waals surface area (Å²) in [6.07, 6.45) is 0.691. The number of carbonyl (C=O) groups is 1. The van der Waals surface area contributed by atoms with Crippen LogP contribution < -0.4 is 19.5 Å². The first-order valence-electron chi connectivity index (χ1n) is 9.76. The molecule has 1 amide bonds. The Morgan fingerprint density at radius 3 is 2.93 bits per heavy atom. The molecule has 4 rings (SSSR count). The maximum absolute atomic E-state index is 12.5. The molecule has 3 aromatic rings. The number of amides is 1. The number of rotatable bonds is 8. The van der Waals surface area contributed by atoms with E-state index in [0.29, 0.717) is 30.1 Å². The lowest BCUT2D eigenvalue weighted by molar-refractivity contribution is 0.0953. The van der Waals surface area contributed by atoms with Gasteiger partial charge in [0.05, 0.1) is 6.04 Å². The first-order valence-corrected chi connectivity index (χ1v) is 9.76. The Balaban J connectivity index is 1.30. The second-order valence-electron chi connectivity index (χ2n) is 7.14. The Labute approximate surface area is 173 Å². The third kappa shape index (κ3) is 4.51. The second-order valence-corrected chi connectivity index (χ2v) is 7.14. The van der Waals surface area contributed by atoms with Gasteiger partial charge in [-0.15, -0.1) is 5.10 Å². The summed E-state index contributed by atoms with van der Waals surface area (Å²) < 4.78 is 18.2. The fraction of sp³-hybridized carbons (Fsp3) is 0.333. The van der Waals surface area contributed by atoms with E-state index in [-0.39, 0.29) is 25.3 Å². The number of fused-ring (bicyclic) bond motifs is 1. The molecule has 9 nitrogen and oxygen atoms in total. The van der Waals surface area contributed by atoms with Crippen molar-refractivity contribution in [2.24, 2.45) is 0 Å². The van der Waals surface area contributed by atoms with Crippen molar-refractivity contribution < 1.29 is 19.0 Å². The van der Waals surface area contributed by atoms with Crippen LogP contribution in [0.5, 0.6) is 17.2 Å². The van der Waals surface area contributed by atoms with Gasteiger partial charge in [0.15, 0.2) is 17.3 Å². The van der Waals surface area contributed by atoms with Crippen LogP contribution in [0.15, 0.2) is 42.5 Å². The molecule has 0 atom stereocenters. The van der Waals surface area contributed by atoms with Crippen LogP contribution in [0.4, 0.5) is 0 Å². The molecule has 156 valence electrons. The van der Waals surface area contributed by atoms with Crippen LogP contribution in [0.1, 0.15) is 41.6 Å². The summed E-state index contributed by atoms with van der Waals surface area (Å²) in [7, 11) is 0. The zero-order valence-corrected chi connectivity index (χ0v) is 16.9. The third-order valence-electron chi connectivity index (χ3n) is 4.65. The molecule has 1 N–H and O–H groups in total. The highest BCUT2D eigenvalue weighted by atomic mass is 16.7. The first-order chi connectivity index (χ1) is 14.6. The van der Waals surface area contributed by atoms with Gasteiger partial charge in [-0.25, -0.2) is 4.68 Å². The number of hydrogen-bond donors (Lipinski definition) is 1. The van der Waals surface area contributed by atoms with Crippen molar-refractivity contribution in [2.75, 3.05) is 13.3 Å². The SMILES string of the molecule is CC(C)n1nnnc1COc1cccc(C(=O)NCCc2ccc3c(c2)OCO3)c1. The monoisotopic (exact) mass is 409 g/mol. The van der Waals surface area contributed by atoms with Gasteiger partial charge in [0.25, 0.3) is 5.91 Å². The predicted molar refractivity (Wildman–Crippen MR) is 108 cm³/mol. The number of nitrogens with one attached hydrogen (secondary N) is 1. The number of aromatic nitrogens is 4. The van der Waals surface area contributed by atoms with Crippen molar-refractivity contribution in [3.63, 3.8) is 0 Å². The normalized spacial score (nSPS) is 12.2. The van der Waals surface area contributed by atoms with Crippen LogP contribution in [0.25, 0.3) is 0 Å². The van der Waals surface area contributed by atoms with Gasteiger partial charge in [0.1, 0.15) is 12.4 Å². The van der Waals surface area contributed by atoms with Crippen LogP contribution in [0, 0.1) is 0 Å². The van der Waals surface area contributed by atoms with E-state index in [2.05, 4.69) is 20.8 Å². The van der Waals surface area contributed by atoms with Crippen LogP contribution in [0.3, 0.4) is 0 Å². The number of carbonyl (C=O) groups excluding carboxylic acids is 1. The quantitative estimate of drug-likeness (QED) is 0.610. The van der Waals surface area contributed by atoms with E-state index in [1.165, 1.54) is 0 Å². The first kappa shape index (κ1) is 19.7. The lowest BCUT2D eigenvalue weighted by Crippen LogP contribution is -2.25. The van der Waals surface area contributed by atoms with E-state index in [9.17, 15) is 4.79 Å². The highest BCUT2D eigenvalue weighted by Gasteiger charge is 2.14. The molecule has 2 aromatic carbocycles. The van der Waals surface area contributed by atoms with Gasteiger partial charge in [0, 0.05) is 12.1 Å². The van der Waals surface area contributed by atoms with Crippen LogP contribution in [0.2, 0.25) is 0 Å². The lowest BCUT2D eigenvalue weighted by atomic mass is 10.1. The molecule has 2 heterocycles. The van der Waals surface area contributed by atoms with E-state index in [4.69, 9.17) is 14.2 Å². The molecular formula is C21H23N5O4. The van der Waals surface area contributed by atoms with Gasteiger partial charge in [-0.3, -0.25) is 4.79 Å². The highest BCUT2D eigenvalue weighted by Crippen LogP contribution is 2.32. The van der Waals surface area contributed by atoms with E-state index in [1.807, 2.05) is 32.0 Å². The Kier molecular flexibility index (Phi) is 5.78. The van der Waals surface area contributed by atoms with Gasteiger partial charge in [-0.05, 0) is 66.6 Å². The summed E-state index contributed by atoms with van der Waals surface area (Å²) >= 11 is 0. The molecule has 1 aliphatic heterocycles. The minimum Gasteiger partial charge on any atom is -0.486 e. The smallest absolute Gasteiger partial charge is 0.251 e. The topological polar surface area (TPSA) is 100 Å². The summed E-state index contributed by atoms with van der Waals surface area (Å²) in [6, 6.07) is 13.0. The summed E-state index contributed by atoms with van der Waals surface area (Å²) in [5.74, 6) is 2.54. The molecule has 0 fully saturated rings. The molecule has 0 bridgehead atoms. The Morgan fingerprint density at radius 1 is 1.20 bits per heavy atom. The molecular weight excluding hydrogens is 386 g/mol. The molecule has 0 saturated carbocycles. The number of benzene rings is 2. The fourth-order valence-corrected chi connectivity index (χ4v) is 3.10. The van der Waals surface area contributed by atoms with Crippen molar-refractivity contribution in [1.82, 2.24) is 25.5 Å². The van der Waals surface area contributed by atoms with Gasteiger partial charge < -0.3 is 19.5 Å². The zero-order valence-electron chi connectivity index (χ0n) is 16.9. The zero-order chi connectivity index (χ0) is 20.9. The van der Waals surface area contributed by atoms with Crippen molar-refractivity contribution in [3.05, 3.63) is 59.4 Å². The Morgan fingerprint density at radius 2 is 2.07 bits per heavy atom. The minimum absolute atomic E-state index is 0.139. The lowest BCUT2D eigenvalue weighted by Gasteiger charge is -2.10. The number of tetrazole rings is 1. The molecule has 30 heavy (non-hydrogen) atoms. The standard InChI is InChI=1S/C21H23N5O4/c1-14(2)26-20(23-24-25-26)12-28-17-5-3-4-16(11-17)21(27)22-9-8-15-6-7-18-19(10-15)30-13-29-18/h3-7,10-11,14H,8-9,12-13H2,1-2H3,(H,22,27). The van der Waals surface area contributed by atoms with Crippen molar-refractivity contribution >= 4 is 5.91 Å². The van der Waals surface area contributed by atoms with Gasteiger partial charge in [0.2, 0.25) is 6.79 Å². The summed E-state index contributed by atoms with van der Waals surface area (Å²) in [4.78, 5) is 12.5. The van der Waals surface area contributed by atoms with Crippen LogP contribution in [-0.4, -0.2) is 39.5 Å². The van der Waals surface area contributed by atoms with Crippen molar-refractivity contribution in [1.29, 1.82) is 0 Å². The summed E-state index contributed by atoms with van der Waals surface area (Å²) in [5, 5.41) is 14.5. The molecule has 0 radical (unpaired) electrons. The summed E-state index contributed by atoms with van der Waals surface area (Å²) in [6.45, 7) is 4.97. The van der Waals surface area contributed by atoms with E-state index in [0.717, 1.165) is 17.1 Å². The van der Waals surface area contributed by atoms with Gasteiger partial charge in [-0.2, -0.15) is 0 Å². The van der Waals surface area contributed by atoms with E-state index < -0.39 is 0 Å². The number of ether oxygens (including phenoxy) is 3. The van der Waals surface area contributed by atoms with Crippen LogP contribution >= 0.6 is 0 Å². The van der Waals surface area contributed by atoms with E-state index >= 15 is 0 Å². The Bertz CT molecular complexity index is 1030. The second kappa shape index (κ2) is 8.81. The number of nitrogens with zero attached hydrogens (tertiary/aromatic N) is 4. The van der Waals surface area contributed by atoms with Gasteiger partial charge >= 0.3 is 0 Å². The average Bonchev–Trinajstić information content (AvgIpc) is 3.41. The molecule has 0 saturated heterocycles. The largest absolute Gasteiger partial charge is 0.486 e. The predicted octanol–water partition coefficient (Wildman–Crippen LogP) is 2.53. The van der Waals surface area contributed by atoms with Crippen molar-refractivity contribution in [2.45, 2.75) is 32.9 Å². The fourth-order valence-electron chi connectivity index (χ4n) is 3.10. The molecule has 1 aromatic heterocycles. The molecule has 0 aliphatic carbocycles. The maximum Gasteiger partial charge on any atom is 0.251 e. The minimum atomic E-state index is -0.159. The highest BCUT2D eigenvalue weighted by molar-refractivity contribution is 5.94. The molecule has 0 unspecified atom stereocenters. The Hall–Kier alpha value is -3.62. The average molecular weight is 409 g/mol. The maximum atomic E-state index is 12.5. The molecule has 9 heteroatoms. The third-order valence-corrected chi connectivity index (χ3v) is 4.65. The van der Waals surface area contributed by atoms with Crippen molar-refractivity contribution in [3.8, 4) is 17.2 Å². The molecule has 0 spiro atoms.